The van der Waals surface area contributed by atoms with Crippen molar-refractivity contribution in [3.05, 3.63) is 12.7 Å². The van der Waals surface area contributed by atoms with Gasteiger partial charge in [-0.25, -0.2) is 4.79 Å². The summed E-state index contributed by atoms with van der Waals surface area (Å²) in [7, 11) is 0. The number of carbonyl (C=O) groups is 1. The van der Waals surface area contributed by atoms with Gasteiger partial charge < -0.3 is 5.11 Å². The summed E-state index contributed by atoms with van der Waals surface area (Å²) >= 11 is 2.95. The molecule has 0 heterocycles. The van der Waals surface area contributed by atoms with Crippen LogP contribution >= 0.6 is 23.5 Å². The lowest BCUT2D eigenvalue weighted by atomic mass is 10.3. The van der Waals surface area contributed by atoms with Gasteiger partial charge in [-0.2, -0.15) is 0 Å². The zero-order chi connectivity index (χ0) is 10.3. The number of aliphatic carboxylic acids is 1. The number of rotatable bonds is 7. The summed E-state index contributed by atoms with van der Waals surface area (Å²) in [5.74, 6) is 0.881. The first-order valence-electron chi connectivity index (χ1n) is 4.25. The van der Waals surface area contributed by atoms with Gasteiger partial charge in [0.15, 0.2) is 4.08 Å². The molecule has 2 nitrogen and oxygen atoms in total. The molecule has 0 atom stereocenters. The van der Waals surface area contributed by atoms with Gasteiger partial charge in [-0.3, -0.25) is 0 Å². The fourth-order valence-corrected chi connectivity index (χ4v) is 3.72. The molecule has 0 bridgehead atoms. The molecule has 0 radical (unpaired) electrons. The Morgan fingerprint density at radius 1 is 1.46 bits per heavy atom. The average molecular weight is 220 g/mol. The van der Waals surface area contributed by atoms with E-state index in [1.54, 1.807) is 6.08 Å². The normalized spacial score (nSPS) is 11.2. The van der Waals surface area contributed by atoms with Crippen LogP contribution in [0.3, 0.4) is 0 Å². The summed E-state index contributed by atoms with van der Waals surface area (Å²) in [6.07, 6.45) is 2.19. The number of thioether (sulfide) groups is 2. The number of carboxylic acid groups (broad SMARTS) is 1. The first-order chi connectivity index (χ1) is 6.13. The Labute approximate surface area is 88.2 Å². The van der Waals surface area contributed by atoms with Crippen LogP contribution in [-0.4, -0.2) is 26.7 Å². The zero-order valence-electron chi connectivity index (χ0n) is 8.08. The topological polar surface area (TPSA) is 37.3 Å². The summed E-state index contributed by atoms with van der Waals surface area (Å²) < 4.78 is -0.717. The standard InChI is InChI=1S/C9H16O2S2/c1-4-7-9(8(10)11,12-5-2)13-6-3/h4H,1,5-7H2,2-3H3,(H,10,11). The van der Waals surface area contributed by atoms with E-state index in [0.29, 0.717) is 6.42 Å². The molecule has 76 valence electrons. The largest absolute Gasteiger partial charge is 0.480 e. The van der Waals surface area contributed by atoms with Crippen LogP contribution < -0.4 is 0 Å². The van der Waals surface area contributed by atoms with Gasteiger partial charge in [-0.15, -0.1) is 30.1 Å². The van der Waals surface area contributed by atoms with Crippen molar-refractivity contribution < 1.29 is 9.90 Å². The smallest absolute Gasteiger partial charge is 0.330 e. The van der Waals surface area contributed by atoms with Gasteiger partial charge in [0.2, 0.25) is 0 Å². The molecule has 0 amide bonds. The first-order valence-corrected chi connectivity index (χ1v) is 6.22. The predicted molar refractivity (Wildman–Crippen MR) is 61.4 cm³/mol. The van der Waals surface area contributed by atoms with Crippen molar-refractivity contribution in [3.8, 4) is 0 Å². The van der Waals surface area contributed by atoms with E-state index in [4.69, 9.17) is 5.11 Å². The molecule has 0 saturated carbocycles. The molecular formula is C9H16O2S2. The molecule has 0 aromatic heterocycles. The zero-order valence-corrected chi connectivity index (χ0v) is 9.71. The van der Waals surface area contributed by atoms with Crippen molar-refractivity contribution in [1.29, 1.82) is 0 Å². The summed E-state index contributed by atoms with van der Waals surface area (Å²) in [4.78, 5) is 11.1. The molecule has 0 aromatic carbocycles. The lowest BCUT2D eigenvalue weighted by Gasteiger charge is -2.25. The van der Waals surface area contributed by atoms with E-state index in [1.807, 2.05) is 13.8 Å². The summed E-state index contributed by atoms with van der Waals surface area (Å²) in [5, 5.41) is 9.13. The molecule has 0 aromatic rings. The van der Waals surface area contributed by atoms with E-state index in [9.17, 15) is 4.79 Å². The highest BCUT2D eigenvalue weighted by molar-refractivity contribution is 8.19. The molecule has 13 heavy (non-hydrogen) atoms. The van der Waals surface area contributed by atoms with Gasteiger partial charge in [-0.1, -0.05) is 19.9 Å². The van der Waals surface area contributed by atoms with Crippen LogP contribution in [0.1, 0.15) is 20.3 Å². The number of carboxylic acids is 1. The Hall–Kier alpha value is -0.0900. The van der Waals surface area contributed by atoms with E-state index in [2.05, 4.69) is 6.58 Å². The lowest BCUT2D eigenvalue weighted by Crippen LogP contribution is -2.31. The minimum atomic E-state index is -0.744. The number of allylic oxidation sites excluding steroid dienone is 1. The molecule has 0 aliphatic rings. The molecule has 0 saturated heterocycles. The van der Waals surface area contributed by atoms with Crippen molar-refractivity contribution in [1.82, 2.24) is 0 Å². The average Bonchev–Trinajstić information content (AvgIpc) is 2.05. The Morgan fingerprint density at radius 3 is 2.15 bits per heavy atom. The summed E-state index contributed by atoms with van der Waals surface area (Å²) in [5.41, 5.74) is 0. The number of hydrogen-bond acceptors (Lipinski definition) is 3. The van der Waals surface area contributed by atoms with Gasteiger partial charge in [0, 0.05) is 0 Å². The third-order valence-electron chi connectivity index (χ3n) is 1.49. The van der Waals surface area contributed by atoms with E-state index < -0.39 is 10.0 Å². The minimum Gasteiger partial charge on any atom is -0.480 e. The summed E-state index contributed by atoms with van der Waals surface area (Å²) in [6.45, 7) is 7.55. The van der Waals surface area contributed by atoms with Crippen molar-refractivity contribution in [2.45, 2.75) is 24.3 Å². The molecular weight excluding hydrogens is 204 g/mol. The maximum Gasteiger partial charge on any atom is 0.330 e. The minimum absolute atomic E-state index is 0.513. The highest BCUT2D eigenvalue weighted by Crippen LogP contribution is 2.40. The monoisotopic (exact) mass is 220 g/mol. The Bertz CT molecular complexity index is 174. The maximum atomic E-state index is 11.1. The van der Waals surface area contributed by atoms with Crippen LogP contribution in [0.2, 0.25) is 0 Å². The van der Waals surface area contributed by atoms with Crippen molar-refractivity contribution in [2.75, 3.05) is 11.5 Å². The first kappa shape index (κ1) is 12.9. The van der Waals surface area contributed by atoms with E-state index >= 15 is 0 Å². The van der Waals surface area contributed by atoms with Gasteiger partial charge in [0.25, 0.3) is 0 Å². The highest BCUT2D eigenvalue weighted by atomic mass is 32.2. The molecule has 0 spiro atoms. The van der Waals surface area contributed by atoms with Crippen molar-refractivity contribution in [3.63, 3.8) is 0 Å². The predicted octanol–water partition coefficient (Wildman–Crippen LogP) is 2.85. The Morgan fingerprint density at radius 2 is 1.92 bits per heavy atom. The molecule has 0 unspecified atom stereocenters. The van der Waals surface area contributed by atoms with E-state index in [-0.39, 0.29) is 0 Å². The second kappa shape index (κ2) is 6.38. The molecule has 0 aliphatic heterocycles. The van der Waals surface area contributed by atoms with Crippen LogP contribution in [0.15, 0.2) is 12.7 Å². The van der Waals surface area contributed by atoms with Gasteiger partial charge in [0.05, 0.1) is 0 Å². The van der Waals surface area contributed by atoms with Crippen LogP contribution in [-0.2, 0) is 4.79 Å². The van der Waals surface area contributed by atoms with Gasteiger partial charge in [-0.05, 0) is 17.9 Å². The van der Waals surface area contributed by atoms with E-state index in [1.165, 1.54) is 23.5 Å². The lowest BCUT2D eigenvalue weighted by molar-refractivity contribution is -0.137. The molecule has 0 aliphatic carbocycles. The van der Waals surface area contributed by atoms with Crippen LogP contribution in [0.25, 0.3) is 0 Å². The van der Waals surface area contributed by atoms with Gasteiger partial charge >= 0.3 is 5.97 Å². The summed E-state index contributed by atoms with van der Waals surface area (Å²) in [6, 6.07) is 0. The molecule has 0 fully saturated rings. The van der Waals surface area contributed by atoms with Crippen molar-refractivity contribution >= 4 is 29.5 Å². The molecule has 0 rings (SSSR count). The third kappa shape index (κ3) is 3.65. The van der Waals surface area contributed by atoms with Crippen LogP contribution in [0.5, 0.6) is 0 Å². The fourth-order valence-electron chi connectivity index (χ4n) is 1.03. The SMILES string of the molecule is C=CCC(SCC)(SCC)C(=O)O. The highest BCUT2D eigenvalue weighted by Gasteiger charge is 2.37. The molecule has 1 N–H and O–H groups in total. The fraction of sp³-hybridized carbons (Fsp3) is 0.667. The molecule has 4 heteroatoms. The van der Waals surface area contributed by atoms with Crippen LogP contribution in [0.4, 0.5) is 0 Å². The third-order valence-corrected chi connectivity index (χ3v) is 4.39. The quantitative estimate of drug-likeness (QED) is 0.529. The Balaban J connectivity index is 4.57. The van der Waals surface area contributed by atoms with E-state index in [0.717, 1.165) is 11.5 Å². The Kier molecular flexibility index (Phi) is 6.33. The second-order valence-electron chi connectivity index (χ2n) is 2.42. The van der Waals surface area contributed by atoms with Gasteiger partial charge in [0.1, 0.15) is 0 Å². The number of hydrogen-bond donors (Lipinski definition) is 1. The maximum absolute atomic E-state index is 11.1. The van der Waals surface area contributed by atoms with Crippen molar-refractivity contribution in [2.24, 2.45) is 0 Å². The van der Waals surface area contributed by atoms with Crippen LogP contribution in [0, 0.1) is 0 Å². The second-order valence-corrected chi connectivity index (χ2v) is 5.80.